The predicted octanol–water partition coefficient (Wildman–Crippen LogP) is 0.919. The van der Waals surface area contributed by atoms with E-state index in [9.17, 15) is 4.79 Å². The number of hydrogen-bond donors (Lipinski definition) is 2. The molecule has 1 amide bonds. The molecule has 1 aromatic rings. The van der Waals surface area contributed by atoms with Crippen LogP contribution in [-0.2, 0) is 9.53 Å². The second-order valence-electron chi connectivity index (χ2n) is 4.69. The molecule has 0 spiro atoms. The molecule has 1 heterocycles. The van der Waals surface area contributed by atoms with Crippen LogP contribution in [0.2, 0.25) is 0 Å². The number of para-hydroxylation sites is 1. The number of carbonyl (C=O) groups is 1. The van der Waals surface area contributed by atoms with Gasteiger partial charge in [0.05, 0.1) is 24.6 Å². The fraction of sp³-hybridized carbons (Fsp3) is 0.500. The minimum atomic E-state index is -0.308. The van der Waals surface area contributed by atoms with Crippen LogP contribution >= 0.6 is 0 Å². The Kier molecular flexibility index (Phi) is 4.27. The van der Waals surface area contributed by atoms with Gasteiger partial charge in [-0.25, -0.2) is 0 Å². The van der Waals surface area contributed by atoms with Crippen LogP contribution in [-0.4, -0.2) is 38.3 Å². The highest BCUT2D eigenvalue weighted by Gasteiger charge is 2.30. The molecular weight excluding hydrogens is 242 g/mol. The number of nitrogens with one attached hydrogen (secondary N) is 1. The van der Waals surface area contributed by atoms with Crippen LogP contribution in [0, 0.1) is 6.92 Å². The number of morpholine rings is 1. The molecule has 1 aromatic carbocycles. The molecule has 1 fully saturated rings. The third-order valence-electron chi connectivity index (χ3n) is 3.34. The highest BCUT2D eigenvalue weighted by Crippen LogP contribution is 2.30. The first-order valence-corrected chi connectivity index (χ1v) is 6.62. The Labute approximate surface area is 113 Å². The molecule has 0 aromatic heterocycles. The van der Waals surface area contributed by atoms with E-state index in [1.807, 2.05) is 32.0 Å². The number of aryl methyl sites for hydroxylation is 1. The van der Waals surface area contributed by atoms with Crippen molar-refractivity contribution < 1.29 is 9.53 Å². The Balaban J connectivity index is 2.31. The summed E-state index contributed by atoms with van der Waals surface area (Å²) in [5.41, 5.74) is 8.81. The maximum absolute atomic E-state index is 12.1. The van der Waals surface area contributed by atoms with Crippen molar-refractivity contribution in [1.82, 2.24) is 5.32 Å². The van der Waals surface area contributed by atoms with E-state index < -0.39 is 0 Å². The summed E-state index contributed by atoms with van der Waals surface area (Å²) < 4.78 is 5.44. The first-order chi connectivity index (χ1) is 9.15. The van der Waals surface area contributed by atoms with Crippen molar-refractivity contribution in [3.63, 3.8) is 0 Å². The maximum atomic E-state index is 12.1. The molecule has 1 aliphatic heterocycles. The zero-order valence-electron chi connectivity index (χ0n) is 11.5. The largest absolute Gasteiger partial charge is 0.397 e. The number of nitrogens with zero attached hydrogens (tertiary/aromatic N) is 1. The summed E-state index contributed by atoms with van der Waals surface area (Å²) in [6.45, 7) is 6.23. The number of likely N-dealkylation sites (N-methyl/N-ethyl adjacent to an activating group) is 1. The zero-order chi connectivity index (χ0) is 13.8. The van der Waals surface area contributed by atoms with E-state index in [2.05, 4.69) is 10.2 Å². The van der Waals surface area contributed by atoms with Gasteiger partial charge in [0.2, 0.25) is 5.91 Å². The fourth-order valence-corrected chi connectivity index (χ4v) is 2.45. The van der Waals surface area contributed by atoms with E-state index in [1.165, 1.54) is 0 Å². The minimum Gasteiger partial charge on any atom is -0.397 e. The van der Waals surface area contributed by atoms with E-state index in [1.54, 1.807) is 0 Å². The number of benzene rings is 1. The quantitative estimate of drug-likeness (QED) is 0.796. The second-order valence-corrected chi connectivity index (χ2v) is 4.69. The highest BCUT2D eigenvalue weighted by molar-refractivity contribution is 5.87. The summed E-state index contributed by atoms with van der Waals surface area (Å²) in [6.07, 6.45) is 0. The van der Waals surface area contributed by atoms with E-state index in [-0.39, 0.29) is 11.9 Å². The smallest absolute Gasteiger partial charge is 0.245 e. The number of nitrogens with two attached hydrogens (primary N) is 1. The molecule has 5 nitrogen and oxygen atoms in total. The molecule has 1 unspecified atom stereocenters. The van der Waals surface area contributed by atoms with Crippen molar-refractivity contribution in [3.05, 3.63) is 23.8 Å². The van der Waals surface area contributed by atoms with E-state index in [0.29, 0.717) is 32.0 Å². The van der Waals surface area contributed by atoms with Gasteiger partial charge in [-0.3, -0.25) is 4.79 Å². The Morgan fingerprint density at radius 3 is 3.05 bits per heavy atom. The maximum Gasteiger partial charge on any atom is 0.245 e. The number of ether oxygens (including phenoxy) is 1. The zero-order valence-corrected chi connectivity index (χ0v) is 11.5. The highest BCUT2D eigenvalue weighted by atomic mass is 16.5. The number of hydrogen-bond acceptors (Lipinski definition) is 4. The van der Waals surface area contributed by atoms with Crippen molar-refractivity contribution in [3.8, 4) is 0 Å². The molecule has 1 aliphatic rings. The monoisotopic (exact) mass is 263 g/mol. The predicted molar refractivity (Wildman–Crippen MR) is 76.2 cm³/mol. The van der Waals surface area contributed by atoms with Gasteiger partial charge in [0, 0.05) is 13.1 Å². The van der Waals surface area contributed by atoms with Crippen LogP contribution in [0.3, 0.4) is 0 Å². The lowest BCUT2D eigenvalue weighted by molar-refractivity contribution is -0.124. The minimum absolute atomic E-state index is 0.00940. The van der Waals surface area contributed by atoms with Crippen molar-refractivity contribution in [2.75, 3.05) is 36.9 Å². The third-order valence-corrected chi connectivity index (χ3v) is 3.34. The van der Waals surface area contributed by atoms with Gasteiger partial charge in [0.25, 0.3) is 0 Å². The number of carbonyl (C=O) groups excluding carboxylic acids is 1. The van der Waals surface area contributed by atoms with Gasteiger partial charge >= 0.3 is 0 Å². The topological polar surface area (TPSA) is 67.6 Å². The summed E-state index contributed by atoms with van der Waals surface area (Å²) in [6, 6.07) is 5.50. The molecule has 5 heteroatoms. The lowest BCUT2D eigenvalue weighted by Gasteiger charge is -2.37. The number of anilines is 2. The fourth-order valence-electron chi connectivity index (χ4n) is 2.45. The van der Waals surface area contributed by atoms with Crippen LogP contribution < -0.4 is 16.0 Å². The van der Waals surface area contributed by atoms with E-state index >= 15 is 0 Å². The van der Waals surface area contributed by atoms with Gasteiger partial charge in [-0.15, -0.1) is 0 Å². The summed E-state index contributed by atoms with van der Waals surface area (Å²) in [7, 11) is 0. The Bertz CT molecular complexity index is 442. The first-order valence-electron chi connectivity index (χ1n) is 6.62. The molecule has 0 saturated carbocycles. The summed E-state index contributed by atoms with van der Waals surface area (Å²) in [4.78, 5) is 14.2. The molecular formula is C14H21N3O2. The third kappa shape index (κ3) is 2.81. The molecule has 1 saturated heterocycles. The van der Waals surface area contributed by atoms with Gasteiger partial charge in [0.15, 0.2) is 0 Å². The molecule has 19 heavy (non-hydrogen) atoms. The molecule has 1 atom stereocenters. The summed E-state index contributed by atoms with van der Waals surface area (Å²) >= 11 is 0. The number of nitrogen functional groups attached to an aromatic ring is 1. The summed E-state index contributed by atoms with van der Waals surface area (Å²) in [5.74, 6) is -0.00940. The molecule has 3 N–H and O–H groups in total. The average Bonchev–Trinajstić information content (AvgIpc) is 2.39. The van der Waals surface area contributed by atoms with Crippen LogP contribution in [0.5, 0.6) is 0 Å². The van der Waals surface area contributed by atoms with Gasteiger partial charge in [0.1, 0.15) is 6.04 Å². The normalized spacial score (nSPS) is 19.3. The lowest BCUT2D eigenvalue weighted by atomic mass is 10.1. The van der Waals surface area contributed by atoms with Crippen molar-refractivity contribution in [2.45, 2.75) is 19.9 Å². The van der Waals surface area contributed by atoms with Crippen molar-refractivity contribution in [1.29, 1.82) is 0 Å². The number of amides is 1. The Morgan fingerprint density at radius 1 is 1.58 bits per heavy atom. The van der Waals surface area contributed by atoms with Crippen molar-refractivity contribution in [2.24, 2.45) is 0 Å². The Morgan fingerprint density at radius 2 is 2.37 bits per heavy atom. The van der Waals surface area contributed by atoms with E-state index in [0.717, 1.165) is 11.3 Å². The van der Waals surface area contributed by atoms with Gasteiger partial charge in [-0.2, -0.15) is 0 Å². The van der Waals surface area contributed by atoms with Crippen LogP contribution in [0.15, 0.2) is 18.2 Å². The molecule has 2 rings (SSSR count). The standard InChI is InChI=1S/C14H21N3O2/c1-3-16-14(18)12-9-19-8-7-17(12)13-10(2)5-4-6-11(13)15/h4-6,12H,3,7-9,15H2,1-2H3,(H,16,18). The summed E-state index contributed by atoms with van der Waals surface area (Å²) in [5, 5.41) is 2.85. The first kappa shape index (κ1) is 13.7. The molecule has 0 radical (unpaired) electrons. The molecule has 104 valence electrons. The second kappa shape index (κ2) is 5.93. The van der Waals surface area contributed by atoms with Crippen molar-refractivity contribution >= 4 is 17.3 Å². The lowest BCUT2D eigenvalue weighted by Crippen LogP contribution is -2.54. The Hall–Kier alpha value is -1.75. The molecule has 0 aliphatic carbocycles. The number of rotatable bonds is 3. The van der Waals surface area contributed by atoms with Crippen LogP contribution in [0.25, 0.3) is 0 Å². The molecule has 0 bridgehead atoms. The SMILES string of the molecule is CCNC(=O)C1COCCN1c1c(C)cccc1N. The van der Waals surface area contributed by atoms with Gasteiger partial charge < -0.3 is 20.7 Å². The van der Waals surface area contributed by atoms with Crippen LogP contribution in [0.4, 0.5) is 11.4 Å². The van der Waals surface area contributed by atoms with Gasteiger partial charge in [-0.05, 0) is 25.5 Å². The van der Waals surface area contributed by atoms with Crippen LogP contribution in [0.1, 0.15) is 12.5 Å². The van der Waals surface area contributed by atoms with Gasteiger partial charge in [-0.1, -0.05) is 12.1 Å². The van der Waals surface area contributed by atoms with E-state index in [4.69, 9.17) is 10.5 Å². The average molecular weight is 263 g/mol.